The molecule has 0 spiro atoms. The highest BCUT2D eigenvalue weighted by molar-refractivity contribution is 5.75. The van der Waals surface area contributed by atoms with Crippen LogP contribution in [0.2, 0.25) is 0 Å². The van der Waals surface area contributed by atoms with E-state index in [1.807, 2.05) is 6.92 Å². The Kier molecular flexibility index (Phi) is 7.95. The van der Waals surface area contributed by atoms with E-state index in [1.54, 1.807) is 0 Å². The Morgan fingerprint density at radius 1 is 1.33 bits per heavy atom. The van der Waals surface area contributed by atoms with Gasteiger partial charge in [0, 0.05) is 13.0 Å². The van der Waals surface area contributed by atoms with E-state index < -0.39 is 0 Å². The number of hydrogen-bond acceptors (Lipinski definition) is 3. The molecular formula is C11H22N2O2. The molecule has 15 heavy (non-hydrogen) atoms. The maximum absolute atomic E-state index is 11.3. The van der Waals surface area contributed by atoms with Crippen LogP contribution in [0, 0.1) is 0 Å². The van der Waals surface area contributed by atoms with Gasteiger partial charge >= 0.3 is 0 Å². The van der Waals surface area contributed by atoms with E-state index in [1.165, 1.54) is 0 Å². The fourth-order valence-corrected chi connectivity index (χ4v) is 1.16. The zero-order valence-electron chi connectivity index (χ0n) is 9.54. The lowest BCUT2D eigenvalue weighted by Gasteiger charge is -2.14. The summed E-state index contributed by atoms with van der Waals surface area (Å²) < 4.78 is 0. The van der Waals surface area contributed by atoms with Crippen molar-refractivity contribution < 1.29 is 10.0 Å². The molecule has 0 radical (unpaired) electrons. The Balaban J connectivity index is 3.55. The van der Waals surface area contributed by atoms with Gasteiger partial charge in [-0.3, -0.25) is 10.0 Å². The summed E-state index contributed by atoms with van der Waals surface area (Å²) in [5.41, 5.74) is 6.29. The summed E-state index contributed by atoms with van der Waals surface area (Å²) in [7, 11) is 0. The molecule has 0 unspecified atom stereocenters. The maximum atomic E-state index is 11.3. The topological polar surface area (TPSA) is 66.6 Å². The second kappa shape index (κ2) is 8.44. The lowest BCUT2D eigenvalue weighted by Crippen LogP contribution is -2.28. The molecule has 0 heterocycles. The number of hydrogen-bond donors (Lipinski definition) is 2. The SMILES string of the molecule is C=C(C)CCC(=O)N(O)CCCCCN. The highest BCUT2D eigenvalue weighted by Gasteiger charge is 2.09. The summed E-state index contributed by atoms with van der Waals surface area (Å²) >= 11 is 0. The molecule has 0 aromatic heterocycles. The molecule has 0 fully saturated rings. The molecule has 0 rings (SSSR count). The van der Waals surface area contributed by atoms with E-state index in [4.69, 9.17) is 5.73 Å². The second-order valence-electron chi connectivity index (χ2n) is 3.82. The van der Waals surface area contributed by atoms with E-state index in [0.29, 0.717) is 25.9 Å². The Hall–Kier alpha value is -0.870. The van der Waals surface area contributed by atoms with Gasteiger partial charge in [-0.1, -0.05) is 12.0 Å². The van der Waals surface area contributed by atoms with Crippen molar-refractivity contribution in [2.75, 3.05) is 13.1 Å². The van der Waals surface area contributed by atoms with Crippen LogP contribution in [0.1, 0.15) is 39.0 Å². The smallest absolute Gasteiger partial charge is 0.246 e. The van der Waals surface area contributed by atoms with Crippen LogP contribution in [0.5, 0.6) is 0 Å². The Morgan fingerprint density at radius 2 is 2.00 bits per heavy atom. The third-order valence-corrected chi connectivity index (χ3v) is 2.13. The molecule has 0 bridgehead atoms. The summed E-state index contributed by atoms with van der Waals surface area (Å²) in [6.07, 6.45) is 3.66. The van der Waals surface area contributed by atoms with Crippen molar-refractivity contribution >= 4 is 5.91 Å². The minimum absolute atomic E-state index is 0.231. The third-order valence-electron chi connectivity index (χ3n) is 2.13. The molecule has 0 aliphatic rings. The first kappa shape index (κ1) is 14.1. The average molecular weight is 214 g/mol. The monoisotopic (exact) mass is 214 g/mol. The average Bonchev–Trinajstić information content (AvgIpc) is 2.20. The molecule has 0 aromatic rings. The normalized spacial score (nSPS) is 10.1. The molecule has 1 amide bonds. The van der Waals surface area contributed by atoms with Gasteiger partial charge in [0.2, 0.25) is 5.91 Å². The van der Waals surface area contributed by atoms with E-state index in [9.17, 15) is 10.0 Å². The lowest BCUT2D eigenvalue weighted by molar-refractivity contribution is -0.165. The van der Waals surface area contributed by atoms with Crippen molar-refractivity contribution in [2.24, 2.45) is 5.73 Å². The Labute approximate surface area is 91.7 Å². The quantitative estimate of drug-likeness (QED) is 0.280. The molecule has 88 valence electrons. The van der Waals surface area contributed by atoms with Crippen molar-refractivity contribution in [3.63, 3.8) is 0 Å². The first-order chi connectivity index (χ1) is 7.07. The van der Waals surface area contributed by atoms with Gasteiger partial charge < -0.3 is 5.73 Å². The summed E-state index contributed by atoms with van der Waals surface area (Å²) in [4.78, 5) is 11.3. The highest BCUT2D eigenvalue weighted by Crippen LogP contribution is 2.04. The summed E-state index contributed by atoms with van der Waals surface area (Å²) in [6, 6.07) is 0. The van der Waals surface area contributed by atoms with Crippen LogP contribution in [-0.4, -0.2) is 29.3 Å². The molecule has 0 atom stereocenters. The van der Waals surface area contributed by atoms with Gasteiger partial charge in [-0.25, -0.2) is 5.06 Å². The van der Waals surface area contributed by atoms with Crippen molar-refractivity contribution in [1.82, 2.24) is 5.06 Å². The third kappa shape index (κ3) is 8.15. The van der Waals surface area contributed by atoms with E-state index in [2.05, 4.69) is 6.58 Å². The molecule has 0 aromatic carbocycles. The fraction of sp³-hybridized carbons (Fsp3) is 0.727. The van der Waals surface area contributed by atoms with Crippen LogP contribution >= 0.6 is 0 Å². The summed E-state index contributed by atoms with van der Waals surface area (Å²) in [5, 5.41) is 10.2. The number of nitrogens with two attached hydrogens (primary N) is 1. The molecule has 3 N–H and O–H groups in total. The van der Waals surface area contributed by atoms with Crippen LogP contribution < -0.4 is 5.73 Å². The molecular weight excluding hydrogens is 192 g/mol. The molecule has 0 aliphatic heterocycles. The molecule has 0 saturated heterocycles. The van der Waals surface area contributed by atoms with Crippen LogP contribution in [-0.2, 0) is 4.79 Å². The zero-order chi connectivity index (χ0) is 11.7. The van der Waals surface area contributed by atoms with Gasteiger partial charge in [-0.15, -0.1) is 6.58 Å². The van der Waals surface area contributed by atoms with Crippen LogP contribution in [0.15, 0.2) is 12.2 Å². The Morgan fingerprint density at radius 3 is 2.53 bits per heavy atom. The minimum atomic E-state index is -0.231. The number of carbonyl (C=O) groups excluding carboxylic acids is 1. The van der Waals surface area contributed by atoms with Gasteiger partial charge in [0.25, 0.3) is 0 Å². The standard InChI is InChI=1S/C11H22N2O2/c1-10(2)6-7-11(14)13(15)9-5-3-4-8-12/h15H,1,3-9,12H2,2H3. The van der Waals surface area contributed by atoms with Crippen LogP contribution in [0.25, 0.3) is 0 Å². The lowest BCUT2D eigenvalue weighted by atomic mass is 10.2. The highest BCUT2D eigenvalue weighted by atomic mass is 16.5. The number of allylic oxidation sites excluding steroid dienone is 1. The van der Waals surface area contributed by atoms with Crippen LogP contribution in [0.4, 0.5) is 0 Å². The van der Waals surface area contributed by atoms with Gasteiger partial charge in [0.15, 0.2) is 0 Å². The number of amides is 1. The van der Waals surface area contributed by atoms with Gasteiger partial charge in [0.05, 0.1) is 0 Å². The Bertz CT molecular complexity index is 205. The predicted molar refractivity (Wildman–Crippen MR) is 60.5 cm³/mol. The van der Waals surface area contributed by atoms with E-state index in [0.717, 1.165) is 29.9 Å². The van der Waals surface area contributed by atoms with E-state index >= 15 is 0 Å². The summed E-state index contributed by atoms with van der Waals surface area (Å²) in [5.74, 6) is -0.231. The number of rotatable bonds is 8. The first-order valence-corrected chi connectivity index (χ1v) is 5.41. The molecule has 0 aliphatic carbocycles. The number of hydroxylamine groups is 2. The van der Waals surface area contributed by atoms with Crippen molar-refractivity contribution in [1.29, 1.82) is 0 Å². The minimum Gasteiger partial charge on any atom is -0.330 e. The van der Waals surface area contributed by atoms with Gasteiger partial charge in [-0.05, 0) is 32.7 Å². The predicted octanol–water partition coefficient (Wildman–Crippen LogP) is 1.69. The number of carbonyl (C=O) groups is 1. The fourth-order valence-electron chi connectivity index (χ4n) is 1.16. The molecule has 4 nitrogen and oxygen atoms in total. The summed E-state index contributed by atoms with van der Waals surface area (Å²) in [6.45, 7) is 6.64. The van der Waals surface area contributed by atoms with Crippen molar-refractivity contribution in [3.8, 4) is 0 Å². The van der Waals surface area contributed by atoms with Gasteiger partial charge in [-0.2, -0.15) is 0 Å². The van der Waals surface area contributed by atoms with Gasteiger partial charge in [0.1, 0.15) is 0 Å². The molecule has 4 heteroatoms. The first-order valence-electron chi connectivity index (χ1n) is 5.41. The molecule has 0 saturated carbocycles. The second-order valence-corrected chi connectivity index (χ2v) is 3.82. The largest absolute Gasteiger partial charge is 0.330 e. The maximum Gasteiger partial charge on any atom is 0.246 e. The zero-order valence-corrected chi connectivity index (χ0v) is 9.54. The van der Waals surface area contributed by atoms with Crippen LogP contribution in [0.3, 0.4) is 0 Å². The van der Waals surface area contributed by atoms with Crippen molar-refractivity contribution in [2.45, 2.75) is 39.0 Å². The number of nitrogens with zero attached hydrogens (tertiary/aromatic N) is 1. The number of unbranched alkanes of at least 4 members (excludes halogenated alkanes) is 2. The van der Waals surface area contributed by atoms with Crippen molar-refractivity contribution in [3.05, 3.63) is 12.2 Å². The van der Waals surface area contributed by atoms with E-state index in [-0.39, 0.29) is 5.91 Å².